The van der Waals surface area contributed by atoms with Crippen LogP contribution in [0.2, 0.25) is 0 Å². The van der Waals surface area contributed by atoms with E-state index in [9.17, 15) is 29.1 Å². The molecule has 4 aromatic carbocycles. The summed E-state index contributed by atoms with van der Waals surface area (Å²) in [5.74, 6) is -0.760. The monoisotopic (exact) mass is 971 g/mol. The van der Waals surface area contributed by atoms with E-state index in [0.29, 0.717) is 84.2 Å². The summed E-state index contributed by atoms with van der Waals surface area (Å²) in [6.45, 7) is 5.49. The number of aryl methyl sites for hydroxylation is 1. The molecule has 7 aromatic rings. The zero-order chi connectivity index (χ0) is 49.0. The Hall–Kier alpha value is -7.50. The van der Waals surface area contributed by atoms with E-state index >= 15 is 0 Å². The SMILES string of the molecule is Cc1c(OCC[C@H]2CC23CCN(CC(=O)Nc2ccc4c([C@H]5CCC(=O)NC5=O)nn(C)c4c2)CC3)cccc1-c1ccc(N2CCc3cccc(C(=O)Nc4nc5ccccc5s4)c3C2)nc1C(=O)O. The quantitative estimate of drug-likeness (QED) is 0.0811. The molecule has 6 heterocycles. The van der Waals surface area contributed by atoms with Crippen molar-refractivity contribution in [2.75, 3.05) is 48.3 Å². The van der Waals surface area contributed by atoms with E-state index in [-0.39, 0.29) is 41.2 Å². The number of hydrogen-bond acceptors (Lipinski definition) is 12. The summed E-state index contributed by atoms with van der Waals surface area (Å²) in [6, 6.07) is 28.5. The van der Waals surface area contributed by atoms with Gasteiger partial charge in [0.2, 0.25) is 17.7 Å². The molecule has 3 aliphatic heterocycles. The van der Waals surface area contributed by atoms with E-state index < -0.39 is 11.9 Å². The number of carbonyl (C=O) groups excluding carboxylic acids is 4. The van der Waals surface area contributed by atoms with Crippen LogP contribution in [0.1, 0.15) is 87.7 Å². The number of aromatic nitrogens is 4. The summed E-state index contributed by atoms with van der Waals surface area (Å²) in [4.78, 5) is 77.5. The molecule has 4 N–H and O–H groups in total. The molecular formula is C54H53N9O7S. The number of piperidine rings is 2. The van der Waals surface area contributed by atoms with Gasteiger partial charge >= 0.3 is 5.97 Å². The van der Waals surface area contributed by atoms with Gasteiger partial charge in [0, 0.05) is 48.8 Å². The first kappa shape index (κ1) is 45.9. The number of benzene rings is 4. The number of carbonyl (C=O) groups is 5. The number of amides is 4. The lowest BCUT2D eigenvalue weighted by molar-refractivity contribution is -0.134. The van der Waals surface area contributed by atoms with Crippen molar-refractivity contribution in [1.82, 2.24) is 30.0 Å². The lowest BCUT2D eigenvalue weighted by Crippen LogP contribution is -2.40. The van der Waals surface area contributed by atoms with E-state index in [1.165, 1.54) is 11.3 Å². The average molecular weight is 972 g/mol. The second-order valence-corrected chi connectivity index (χ2v) is 20.4. The first-order valence-electron chi connectivity index (χ1n) is 24.2. The maximum absolute atomic E-state index is 13.6. The van der Waals surface area contributed by atoms with Gasteiger partial charge in [-0.3, -0.25) is 39.4 Å². The number of para-hydroxylation sites is 1. The van der Waals surface area contributed by atoms with E-state index in [1.54, 1.807) is 4.68 Å². The molecule has 4 amide bonds. The molecule has 2 saturated heterocycles. The smallest absolute Gasteiger partial charge is 0.355 e. The van der Waals surface area contributed by atoms with E-state index in [0.717, 1.165) is 82.1 Å². The van der Waals surface area contributed by atoms with Gasteiger partial charge in [0.25, 0.3) is 5.91 Å². The number of thiazole rings is 1. The van der Waals surface area contributed by atoms with Crippen molar-refractivity contribution in [3.63, 3.8) is 0 Å². The lowest BCUT2D eigenvalue weighted by atomic mass is 9.90. The molecule has 16 nitrogen and oxygen atoms in total. The van der Waals surface area contributed by atoms with Gasteiger partial charge in [-0.15, -0.1) is 0 Å². The van der Waals surface area contributed by atoms with Crippen LogP contribution < -0.4 is 25.6 Å². The topological polar surface area (TPSA) is 201 Å². The highest BCUT2D eigenvalue weighted by Crippen LogP contribution is 2.61. The van der Waals surface area contributed by atoms with Gasteiger partial charge in [-0.05, 0) is 147 Å². The number of anilines is 3. The third-order valence-corrected chi connectivity index (χ3v) is 16.0. The first-order valence-corrected chi connectivity index (χ1v) is 25.0. The summed E-state index contributed by atoms with van der Waals surface area (Å²) in [5.41, 5.74) is 7.75. The molecule has 0 bridgehead atoms. The molecule has 2 atom stereocenters. The number of carboxylic acids is 1. The predicted molar refractivity (Wildman–Crippen MR) is 271 cm³/mol. The number of imide groups is 1. The Morgan fingerprint density at radius 1 is 0.915 bits per heavy atom. The largest absolute Gasteiger partial charge is 0.493 e. The van der Waals surface area contributed by atoms with Gasteiger partial charge in [-0.2, -0.15) is 5.10 Å². The van der Waals surface area contributed by atoms with Gasteiger partial charge in [0.05, 0.1) is 40.5 Å². The molecule has 1 aliphatic carbocycles. The third-order valence-electron chi connectivity index (χ3n) is 15.0. The maximum Gasteiger partial charge on any atom is 0.355 e. The van der Waals surface area contributed by atoms with Crippen molar-refractivity contribution >= 4 is 78.7 Å². The Bertz CT molecular complexity index is 3270. The number of pyridine rings is 1. The van der Waals surface area contributed by atoms with E-state index in [4.69, 9.17) is 9.72 Å². The summed E-state index contributed by atoms with van der Waals surface area (Å²) >= 11 is 1.43. The number of rotatable bonds is 13. The molecule has 11 rings (SSSR count). The first-order chi connectivity index (χ1) is 34.4. The lowest BCUT2D eigenvalue weighted by Gasteiger charge is -2.32. The summed E-state index contributed by atoms with van der Waals surface area (Å²) < 4.78 is 9.12. The fourth-order valence-corrected chi connectivity index (χ4v) is 11.9. The van der Waals surface area contributed by atoms with Crippen LogP contribution in [0.3, 0.4) is 0 Å². The molecule has 3 fully saturated rings. The minimum atomic E-state index is -1.13. The van der Waals surface area contributed by atoms with Gasteiger partial charge in [-0.1, -0.05) is 47.7 Å². The van der Waals surface area contributed by atoms with Crippen LogP contribution in [0, 0.1) is 18.3 Å². The third kappa shape index (κ3) is 9.11. The molecule has 362 valence electrons. The number of aromatic carboxylic acids is 1. The van der Waals surface area contributed by atoms with Crippen LogP contribution in [0.4, 0.5) is 16.6 Å². The van der Waals surface area contributed by atoms with Gasteiger partial charge in [-0.25, -0.2) is 14.8 Å². The Balaban J connectivity index is 0.679. The predicted octanol–water partition coefficient (Wildman–Crippen LogP) is 8.10. The van der Waals surface area contributed by atoms with Crippen molar-refractivity contribution in [3.8, 4) is 16.9 Å². The molecule has 4 aliphatic rings. The number of hydrogen-bond donors (Lipinski definition) is 4. The highest BCUT2D eigenvalue weighted by Gasteiger charge is 2.54. The molecule has 3 aromatic heterocycles. The summed E-state index contributed by atoms with van der Waals surface area (Å²) in [5, 5.41) is 24.9. The minimum absolute atomic E-state index is 0.0487. The van der Waals surface area contributed by atoms with Crippen LogP contribution in [0.5, 0.6) is 5.75 Å². The summed E-state index contributed by atoms with van der Waals surface area (Å²) in [6.07, 6.45) is 5.47. The highest BCUT2D eigenvalue weighted by atomic mass is 32.1. The van der Waals surface area contributed by atoms with Crippen LogP contribution in [-0.4, -0.2) is 92.1 Å². The Kier molecular flexibility index (Phi) is 12.1. The Morgan fingerprint density at radius 2 is 1.75 bits per heavy atom. The Labute approximate surface area is 413 Å². The van der Waals surface area contributed by atoms with Crippen molar-refractivity contribution < 1.29 is 33.8 Å². The average Bonchev–Trinajstić information content (AvgIpc) is 3.68. The van der Waals surface area contributed by atoms with E-state index in [1.807, 2.05) is 110 Å². The molecule has 71 heavy (non-hydrogen) atoms. The highest BCUT2D eigenvalue weighted by molar-refractivity contribution is 7.22. The number of ether oxygens (including phenoxy) is 1. The van der Waals surface area contributed by atoms with Crippen molar-refractivity contribution in [2.24, 2.45) is 18.4 Å². The number of fused-ring (bicyclic) bond motifs is 3. The maximum atomic E-state index is 13.6. The zero-order valence-corrected chi connectivity index (χ0v) is 40.3. The number of nitrogens with one attached hydrogen (secondary N) is 3. The second-order valence-electron chi connectivity index (χ2n) is 19.3. The fraction of sp³-hybridized carbons (Fsp3) is 0.333. The van der Waals surface area contributed by atoms with Crippen LogP contribution >= 0.6 is 11.3 Å². The molecular weight excluding hydrogens is 919 g/mol. The number of likely N-dealkylation sites (tertiary alicyclic amines) is 1. The van der Waals surface area contributed by atoms with Crippen LogP contribution in [0.25, 0.3) is 32.2 Å². The molecule has 17 heteroatoms. The molecule has 1 saturated carbocycles. The van der Waals surface area contributed by atoms with Crippen LogP contribution in [-0.2, 0) is 34.4 Å². The molecule has 0 radical (unpaired) electrons. The minimum Gasteiger partial charge on any atom is -0.493 e. The standard InChI is InChI=1S/C54H53N9O7S/c1-31-35(36-15-17-45(57-49(36)52(68)69)63-23-19-32-7-5-9-37(40(32)29-63)50(66)59-53-56-41-10-3-4-12-44(41)71-53)8-6-11-43(31)70-26-20-33-28-54(33)21-24-62(25-22-54)30-47(65)55-34-13-14-38-42(27-34)61(2)60-48(38)39-16-18-46(64)58-51(39)67/h3-15,17,27,33,39H,16,18-26,28-30H2,1-2H3,(H,55,65)(H,68,69)(H,56,59,66)(H,58,64,67)/t33-,39+/m0/s1. The van der Waals surface area contributed by atoms with E-state index in [2.05, 4.69) is 30.9 Å². The van der Waals surface area contributed by atoms with Crippen LogP contribution in [0.15, 0.2) is 91.0 Å². The van der Waals surface area contributed by atoms with Gasteiger partial charge in [0.15, 0.2) is 10.8 Å². The van der Waals surface area contributed by atoms with Crippen molar-refractivity contribution in [1.29, 1.82) is 0 Å². The van der Waals surface area contributed by atoms with Crippen molar-refractivity contribution in [2.45, 2.75) is 64.3 Å². The van der Waals surface area contributed by atoms with Crippen molar-refractivity contribution in [3.05, 3.63) is 125 Å². The number of carboxylic acid groups (broad SMARTS) is 1. The number of nitrogens with zero attached hydrogens (tertiary/aromatic N) is 6. The molecule has 0 unspecified atom stereocenters. The van der Waals surface area contributed by atoms with Gasteiger partial charge < -0.3 is 20.1 Å². The molecule has 1 spiro atoms. The normalized spacial score (nSPS) is 18.6. The zero-order valence-electron chi connectivity index (χ0n) is 39.5. The fourth-order valence-electron chi connectivity index (χ4n) is 11.0. The van der Waals surface area contributed by atoms with Gasteiger partial charge in [0.1, 0.15) is 11.6 Å². The Morgan fingerprint density at radius 3 is 2.56 bits per heavy atom. The summed E-state index contributed by atoms with van der Waals surface area (Å²) in [7, 11) is 1.81. The second kappa shape index (κ2) is 18.7.